The van der Waals surface area contributed by atoms with E-state index < -0.39 is 29.8 Å². The second-order valence-electron chi connectivity index (χ2n) is 5.99. The number of carbonyl (C=O) groups is 3. The maximum atomic E-state index is 12.7. The number of carbonyl (C=O) groups excluding carboxylic acids is 3. The van der Waals surface area contributed by atoms with Crippen molar-refractivity contribution in [2.45, 2.75) is 26.1 Å². The number of alkyl halides is 3. The van der Waals surface area contributed by atoms with Crippen LogP contribution in [-0.2, 0) is 11.0 Å². The van der Waals surface area contributed by atoms with Gasteiger partial charge in [0.2, 0.25) is 0 Å². The van der Waals surface area contributed by atoms with Crippen molar-refractivity contribution in [3.05, 3.63) is 59.7 Å². The van der Waals surface area contributed by atoms with Crippen molar-refractivity contribution < 1.29 is 32.3 Å². The average Bonchev–Trinajstić information content (AvgIpc) is 2.66. The maximum Gasteiger partial charge on any atom is 0.416 e. The summed E-state index contributed by atoms with van der Waals surface area (Å²) in [7, 11) is 0. The van der Waals surface area contributed by atoms with Gasteiger partial charge in [0.1, 0.15) is 5.75 Å². The highest BCUT2D eigenvalue weighted by Gasteiger charge is 2.30. The molecule has 3 amide bonds. The highest BCUT2D eigenvalue weighted by molar-refractivity contribution is 5.95. The summed E-state index contributed by atoms with van der Waals surface area (Å²) in [5, 5.41) is 2.43. The summed E-state index contributed by atoms with van der Waals surface area (Å²) >= 11 is 0. The van der Waals surface area contributed by atoms with Crippen molar-refractivity contribution in [1.29, 1.82) is 0 Å². The SMILES string of the molecule is CC(=O)c1ccc(NC(=O)NNC(=O)[C@H](C)Oc2cccc(C(F)(F)F)c2)cc1. The monoisotopic (exact) mass is 409 g/mol. The summed E-state index contributed by atoms with van der Waals surface area (Å²) < 4.78 is 43.3. The van der Waals surface area contributed by atoms with Crippen LogP contribution in [0.1, 0.15) is 29.8 Å². The predicted octanol–water partition coefficient (Wildman–Crippen LogP) is 3.53. The molecule has 0 saturated heterocycles. The third-order valence-electron chi connectivity index (χ3n) is 3.69. The van der Waals surface area contributed by atoms with Gasteiger partial charge in [-0.3, -0.25) is 15.0 Å². The van der Waals surface area contributed by atoms with Gasteiger partial charge in [-0.2, -0.15) is 13.2 Å². The summed E-state index contributed by atoms with van der Waals surface area (Å²) in [5.41, 5.74) is 4.14. The van der Waals surface area contributed by atoms with E-state index in [0.29, 0.717) is 11.3 Å². The van der Waals surface area contributed by atoms with Crippen LogP contribution in [0.25, 0.3) is 0 Å². The van der Waals surface area contributed by atoms with Gasteiger partial charge < -0.3 is 10.1 Å². The Morgan fingerprint density at radius 3 is 2.24 bits per heavy atom. The molecule has 0 fully saturated rings. The van der Waals surface area contributed by atoms with Crippen LogP contribution in [0.3, 0.4) is 0 Å². The van der Waals surface area contributed by atoms with Crippen molar-refractivity contribution in [3.8, 4) is 5.75 Å². The Kier molecular flexibility index (Phi) is 6.81. The van der Waals surface area contributed by atoms with E-state index in [4.69, 9.17) is 4.74 Å². The van der Waals surface area contributed by atoms with Gasteiger partial charge in [-0.05, 0) is 56.3 Å². The number of anilines is 1. The Balaban J connectivity index is 1.85. The van der Waals surface area contributed by atoms with E-state index in [-0.39, 0.29) is 11.5 Å². The Morgan fingerprint density at radius 1 is 1.00 bits per heavy atom. The number of rotatable bonds is 5. The third kappa shape index (κ3) is 6.52. The Hall–Kier alpha value is -3.56. The summed E-state index contributed by atoms with van der Waals surface area (Å²) in [4.78, 5) is 35.0. The highest BCUT2D eigenvalue weighted by atomic mass is 19.4. The van der Waals surface area contributed by atoms with Crippen LogP contribution in [0, 0.1) is 0 Å². The maximum absolute atomic E-state index is 12.7. The van der Waals surface area contributed by atoms with Gasteiger partial charge in [0.05, 0.1) is 5.56 Å². The van der Waals surface area contributed by atoms with Gasteiger partial charge in [0.25, 0.3) is 5.91 Å². The van der Waals surface area contributed by atoms with Gasteiger partial charge in [-0.25, -0.2) is 10.2 Å². The molecule has 7 nitrogen and oxygen atoms in total. The lowest BCUT2D eigenvalue weighted by Crippen LogP contribution is -2.48. The van der Waals surface area contributed by atoms with Crippen LogP contribution >= 0.6 is 0 Å². The molecule has 0 unspecified atom stereocenters. The first kappa shape index (κ1) is 21.7. The third-order valence-corrected chi connectivity index (χ3v) is 3.69. The molecule has 0 bridgehead atoms. The van der Waals surface area contributed by atoms with E-state index >= 15 is 0 Å². The van der Waals surface area contributed by atoms with Crippen molar-refractivity contribution in [2.75, 3.05) is 5.32 Å². The van der Waals surface area contributed by atoms with E-state index in [1.165, 1.54) is 44.2 Å². The molecule has 29 heavy (non-hydrogen) atoms. The molecule has 0 aliphatic rings. The zero-order valence-electron chi connectivity index (χ0n) is 15.5. The molecule has 0 aromatic heterocycles. The normalized spacial score (nSPS) is 11.9. The minimum Gasteiger partial charge on any atom is -0.481 e. The van der Waals surface area contributed by atoms with Gasteiger partial charge in [0, 0.05) is 11.3 Å². The van der Waals surface area contributed by atoms with Crippen LogP contribution < -0.4 is 20.9 Å². The molecule has 154 valence electrons. The van der Waals surface area contributed by atoms with E-state index in [1.807, 2.05) is 0 Å². The Morgan fingerprint density at radius 2 is 1.66 bits per heavy atom. The molecule has 0 saturated carbocycles. The summed E-state index contributed by atoms with van der Waals surface area (Å²) in [6.07, 6.45) is -5.71. The fraction of sp³-hybridized carbons (Fsp3) is 0.211. The Labute approximate surface area is 164 Å². The molecule has 0 aliphatic carbocycles. The molecule has 0 aliphatic heterocycles. The molecular formula is C19H18F3N3O4. The number of hydrazine groups is 1. The molecule has 3 N–H and O–H groups in total. The van der Waals surface area contributed by atoms with Gasteiger partial charge >= 0.3 is 12.2 Å². The predicted molar refractivity (Wildman–Crippen MR) is 98.3 cm³/mol. The highest BCUT2D eigenvalue weighted by Crippen LogP contribution is 2.31. The average molecular weight is 409 g/mol. The number of benzene rings is 2. The van der Waals surface area contributed by atoms with Gasteiger partial charge in [-0.1, -0.05) is 6.07 Å². The van der Waals surface area contributed by atoms with E-state index in [2.05, 4.69) is 16.2 Å². The quantitative estimate of drug-likeness (QED) is 0.520. The van der Waals surface area contributed by atoms with Gasteiger partial charge in [0.15, 0.2) is 11.9 Å². The van der Waals surface area contributed by atoms with E-state index in [0.717, 1.165) is 18.2 Å². The van der Waals surface area contributed by atoms with E-state index in [9.17, 15) is 27.6 Å². The first-order valence-corrected chi connectivity index (χ1v) is 8.38. The number of hydrogen-bond acceptors (Lipinski definition) is 4. The smallest absolute Gasteiger partial charge is 0.416 e. The molecule has 2 aromatic carbocycles. The number of nitrogens with one attached hydrogen (secondary N) is 3. The fourth-order valence-corrected chi connectivity index (χ4v) is 2.17. The first-order valence-electron chi connectivity index (χ1n) is 8.38. The largest absolute Gasteiger partial charge is 0.481 e. The van der Waals surface area contributed by atoms with Crippen molar-refractivity contribution in [2.24, 2.45) is 0 Å². The van der Waals surface area contributed by atoms with Gasteiger partial charge in [-0.15, -0.1) is 0 Å². The fourth-order valence-electron chi connectivity index (χ4n) is 2.17. The van der Waals surface area contributed by atoms with Crippen LogP contribution in [0.15, 0.2) is 48.5 Å². The molecule has 10 heteroatoms. The van der Waals surface area contributed by atoms with Crippen LogP contribution in [0.5, 0.6) is 5.75 Å². The summed E-state index contributed by atoms with van der Waals surface area (Å²) in [5.74, 6) is -1.04. The van der Waals surface area contributed by atoms with Crippen molar-refractivity contribution in [1.82, 2.24) is 10.9 Å². The number of ether oxygens (including phenoxy) is 1. The van der Waals surface area contributed by atoms with Crippen LogP contribution in [0.4, 0.5) is 23.7 Å². The lowest BCUT2D eigenvalue weighted by molar-refractivity contribution is -0.137. The Bertz CT molecular complexity index is 898. The topological polar surface area (TPSA) is 96.5 Å². The molecular weight excluding hydrogens is 391 g/mol. The first-order chi connectivity index (χ1) is 13.6. The standard InChI is InChI=1S/C19H18F3N3O4/c1-11(26)13-6-8-15(9-7-13)23-18(28)25-24-17(27)12(2)29-16-5-3-4-14(10-16)19(20,21)22/h3-10,12H,1-2H3,(H,24,27)(H2,23,25,28)/t12-/m0/s1. The van der Waals surface area contributed by atoms with Crippen molar-refractivity contribution in [3.63, 3.8) is 0 Å². The number of Topliss-reactive ketones (excluding diaryl/α,β-unsaturated/α-hetero) is 1. The van der Waals surface area contributed by atoms with Crippen LogP contribution in [-0.4, -0.2) is 23.8 Å². The van der Waals surface area contributed by atoms with Crippen LogP contribution in [0.2, 0.25) is 0 Å². The summed E-state index contributed by atoms with van der Waals surface area (Å²) in [6.45, 7) is 2.73. The van der Waals surface area contributed by atoms with E-state index in [1.54, 1.807) is 0 Å². The zero-order chi connectivity index (χ0) is 21.6. The second-order valence-corrected chi connectivity index (χ2v) is 5.99. The molecule has 2 rings (SSSR count). The number of ketones is 1. The number of amides is 3. The minimum atomic E-state index is -4.53. The molecule has 2 aromatic rings. The second kappa shape index (κ2) is 9.09. The molecule has 0 spiro atoms. The number of halogens is 3. The molecule has 0 radical (unpaired) electrons. The lowest BCUT2D eigenvalue weighted by atomic mass is 10.1. The summed E-state index contributed by atoms with van der Waals surface area (Å²) in [6, 6.07) is 9.41. The molecule has 0 heterocycles. The molecule has 1 atom stereocenters. The lowest BCUT2D eigenvalue weighted by Gasteiger charge is -2.16. The zero-order valence-corrected chi connectivity index (χ0v) is 15.5. The number of hydrogen-bond donors (Lipinski definition) is 3. The number of urea groups is 1. The van der Waals surface area contributed by atoms with Crippen molar-refractivity contribution >= 4 is 23.4 Å². The minimum absolute atomic E-state index is 0.122.